The number of piperidine rings is 1. The highest BCUT2D eigenvalue weighted by atomic mass is 16.5. The van der Waals surface area contributed by atoms with Gasteiger partial charge in [0.2, 0.25) is 0 Å². The predicted molar refractivity (Wildman–Crippen MR) is 80.7 cm³/mol. The number of fused-ring (bicyclic) bond motifs is 2. The van der Waals surface area contributed by atoms with E-state index in [0.717, 1.165) is 44.0 Å². The van der Waals surface area contributed by atoms with E-state index in [1.54, 1.807) is 0 Å². The Hall–Kier alpha value is -0.120. The van der Waals surface area contributed by atoms with Gasteiger partial charge in [0.05, 0.1) is 12.7 Å². The molecule has 2 aliphatic carbocycles. The van der Waals surface area contributed by atoms with Crippen LogP contribution in [0.25, 0.3) is 0 Å². The summed E-state index contributed by atoms with van der Waals surface area (Å²) in [5.41, 5.74) is 0. The summed E-state index contributed by atoms with van der Waals surface area (Å²) >= 11 is 0. The molecule has 0 aromatic rings. The Balaban J connectivity index is 1.24. The highest BCUT2D eigenvalue weighted by Crippen LogP contribution is 2.49. The monoisotopic (exact) mass is 281 g/mol. The molecule has 116 valence electrons. The molecule has 4 atom stereocenters. The second-order valence-corrected chi connectivity index (χ2v) is 7.31. The van der Waals surface area contributed by atoms with Gasteiger partial charge in [-0.25, -0.2) is 0 Å². The quantitative estimate of drug-likeness (QED) is 0.728. The summed E-state index contributed by atoms with van der Waals surface area (Å²) in [5, 5.41) is 10.0. The molecule has 20 heavy (non-hydrogen) atoms. The van der Waals surface area contributed by atoms with E-state index in [0.29, 0.717) is 6.61 Å². The SMILES string of the molecule is O[C@@H](COCC[C@@H]1C[C@@H]2CC[C@@H]1C2)CN1CCCCC1. The molecular weight excluding hydrogens is 250 g/mol. The Morgan fingerprint density at radius 2 is 1.95 bits per heavy atom. The average molecular weight is 281 g/mol. The standard InChI is InChI=1S/C17H31NO2/c19-17(12-18-7-2-1-3-8-18)13-20-9-6-16-11-14-4-5-15(16)10-14/h14-17,19H,1-13H2/t14-,15-,16-,17-/m1/s1. The molecule has 0 aromatic heterocycles. The topological polar surface area (TPSA) is 32.7 Å². The molecule has 3 aliphatic rings. The lowest BCUT2D eigenvalue weighted by molar-refractivity contribution is 0.00805. The smallest absolute Gasteiger partial charge is 0.0900 e. The minimum absolute atomic E-state index is 0.298. The van der Waals surface area contributed by atoms with Gasteiger partial charge >= 0.3 is 0 Å². The van der Waals surface area contributed by atoms with Crippen LogP contribution in [0, 0.1) is 17.8 Å². The van der Waals surface area contributed by atoms with Gasteiger partial charge in [-0.1, -0.05) is 12.8 Å². The summed E-state index contributed by atoms with van der Waals surface area (Å²) in [6.07, 6.45) is 10.7. The van der Waals surface area contributed by atoms with Crippen LogP contribution in [0.3, 0.4) is 0 Å². The Morgan fingerprint density at radius 1 is 1.10 bits per heavy atom. The molecule has 1 heterocycles. The van der Waals surface area contributed by atoms with Gasteiger partial charge in [-0.15, -0.1) is 0 Å². The van der Waals surface area contributed by atoms with E-state index in [2.05, 4.69) is 4.90 Å². The number of rotatable bonds is 7. The zero-order chi connectivity index (χ0) is 13.8. The number of aliphatic hydroxyl groups excluding tert-OH is 1. The molecule has 0 radical (unpaired) electrons. The maximum absolute atomic E-state index is 10.0. The van der Waals surface area contributed by atoms with Crippen LogP contribution in [0.15, 0.2) is 0 Å². The third kappa shape index (κ3) is 3.96. The number of likely N-dealkylation sites (tertiary alicyclic amines) is 1. The summed E-state index contributed by atoms with van der Waals surface area (Å²) < 4.78 is 5.73. The maximum atomic E-state index is 10.0. The molecule has 1 N–H and O–H groups in total. The second kappa shape index (κ2) is 7.24. The van der Waals surface area contributed by atoms with Crippen LogP contribution < -0.4 is 0 Å². The number of hydrogen-bond acceptors (Lipinski definition) is 3. The van der Waals surface area contributed by atoms with Gasteiger partial charge in [-0.2, -0.15) is 0 Å². The van der Waals surface area contributed by atoms with Gasteiger partial charge in [0, 0.05) is 13.2 Å². The van der Waals surface area contributed by atoms with E-state index in [1.807, 2.05) is 0 Å². The molecule has 1 aliphatic heterocycles. The highest BCUT2D eigenvalue weighted by molar-refractivity contribution is 4.89. The predicted octanol–water partition coefficient (Wildman–Crippen LogP) is 2.68. The molecule has 0 spiro atoms. The molecule has 3 nitrogen and oxygen atoms in total. The molecule has 3 fully saturated rings. The average Bonchev–Trinajstić information content (AvgIpc) is 3.07. The normalized spacial score (nSPS) is 35.5. The molecule has 0 unspecified atom stereocenters. The first-order valence-corrected chi connectivity index (χ1v) is 8.79. The number of ether oxygens (including phenoxy) is 1. The molecular formula is C17H31NO2. The van der Waals surface area contributed by atoms with Crippen molar-refractivity contribution < 1.29 is 9.84 Å². The van der Waals surface area contributed by atoms with Crippen molar-refractivity contribution in [2.24, 2.45) is 17.8 Å². The van der Waals surface area contributed by atoms with Gasteiger partial charge < -0.3 is 14.7 Å². The minimum Gasteiger partial charge on any atom is -0.389 e. The summed E-state index contributed by atoms with van der Waals surface area (Å²) in [6, 6.07) is 0. The molecule has 2 saturated carbocycles. The third-order valence-corrected chi connectivity index (χ3v) is 5.75. The van der Waals surface area contributed by atoms with Gasteiger partial charge in [0.25, 0.3) is 0 Å². The fraction of sp³-hybridized carbons (Fsp3) is 1.00. The molecule has 1 saturated heterocycles. The fourth-order valence-corrected chi connectivity index (χ4v) is 4.68. The molecule has 0 aromatic carbocycles. The van der Waals surface area contributed by atoms with Gasteiger partial charge in [0.1, 0.15) is 0 Å². The summed E-state index contributed by atoms with van der Waals surface area (Å²) in [7, 11) is 0. The number of aliphatic hydroxyl groups is 1. The number of nitrogens with zero attached hydrogens (tertiary/aromatic N) is 1. The lowest BCUT2D eigenvalue weighted by atomic mass is 9.87. The summed E-state index contributed by atoms with van der Waals surface area (Å²) in [5.74, 6) is 2.96. The van der Waals surface area contributed by atoms with Gasteiger partial charge in [-0.3, -0.25) is 0 Å². The zero-order valence-corrected chi connectivity index (χ0v) is 12.8. The third-order valence-electron chi connectivity index (χ3n) is 5.75. The Kier molecular flexibility index (Phi) is 5.36. The van der Waals surface area contributed by atoms with E-state index in [-0.39, 0.29) is 6.10 Å². The van der Waals surface area contributed by atoms with Crippen molar-refractivity contribution in [3.63, 3.8) is 0 Å². The van der Waals surface area contributed by atoms with Crippen molar-refractivity contribution in [3.8, 4) is 0 Å². The highest BCUT2D eigenvalue weighted by Gasteiger charge is 2.38. The van der Waals surface area contributed by atoms with Gasteiger partial charge in [-0.05, 0) is 69.4 Å². The van der Waals surface area contributed by atoms with Crippen molar-refractivity contribution in [1.82, 2.24) is 4.90 Å². The van der Waals surface area contributed by atoms with Gasteiger partial charge in [0.15, 0.2) is 0 Å². The van der Waals surface area contributed by atoms with Crippen molar-refractivity contribution in [2.45, 2.75) is 57.5 Å². The first kappa shape index (κ1) is 14.8. The van der Waals surface area contributed by atoms with Crippen molar-refractivity contribution >= 4 is 0 Å². The van der Waals surface area contributed by atoms with E-state index in [4.69, 9.17) is 4.74 Å². The summed E-state index contributed by atoms with van der Waals surface area (Å²) in [6.45, 7) is 4.49. The Labute approximate surface area is 123 Å². The summed E-state index contributed by atoms with van der Waals surface area (Å²) in [4.78, 5) is 2.38. The Morgan fingerprint density at radius 3 is 2.65 bits per heavy atom. The molecule has 2 bridgehead atoms. The van der Waals surface area contributed by atoms with Crippen molar-refractivity contribution in [2.75, 3.05) is 32.8 Å². The lowest BCUT2D eigenvalue weighted by Crippen LogP contribution is -2.38. The van der Waals surface area contributed by atoms with Crippen LogP contribution >= 0.6 is 0 Å². The largest absolute Gasteiger partial charge is 0.389 e. The van der Waals surface area contributed by atoms with Crippen molar-refractivity contribution in [3.05, 3.63) is 0 Å². The van der Waals surface area contributed by atoms with Crippen LogP contribution in [-0.4, -0.2) is 49.0 Å². The molecule has 0 amide bonds. The first-order chi connectivity index (χ1) is 9.81. The Bertz CT molecular complexity index is 291. The number of β-amino-alcohol motifs (C(OH)–C–C–N with tert-alkyl or cyclic N) is 1. The van der Waals surface area contributed by atoms with Crippen LogP contribution in [-0.2, 0) is 4.74 Å². The van der Waals surface area contributed by atoms with Crippen molar-refractivity contribution in [1.29, 1.82) is 0 Å². The van der Waals surface area contributed by atoms with Crippen LogP contribution in [0.1, 0.15) is 51.4 Å². The minimum atomic E-state index is -0.298. The van der Waals surface area contributed by atoms with Crippen LogP contribution in [0.5, 0.6) is 0 Å². The second-order valence-electron chi connectivity index (χ2n) is 7.31. The van der Waals surface area contributed by atoms with E-state index >= 15 is 0 Å². The van der Waals surface area contributed by atoms with E-state index in [1.165, 1.54) is 51.4 Å². The van der Waals surface area contributed by atoms with E-state index in [9.17, 15) is 5.11 Å². The maximum Gasteiger partial charge on any atom is 0.0900 e. The zero-order valence-electron chi connectivity index (χ0n) is 12.8. The van der Waals surface area contributed by atoms with Crippen LogP contribution in [0.4, 0.5) is 0 Å². The molecule has 3 rings (SSSR count). The number of hydrogen-bond donors (Lipinski definition) is 1. The fourth-order valence-electron chi connectivity index (χ4n) is 4.68. The molecule has 3 heteroatoms. The first-order valence-electron chi connectivity index (χ1n) is 8.79. The lowest BCUT2D eigenvalue weighted by Gasteiger charge is -2.28. The van der Waals surface area contributed by atoms with E-state index < -0.39 is 0 Å². The van der Waals surface area contributed by atoms with Crippen LogP contribution in [0.2, 0.25) is 0 Å².